The molecule has 1 spiro atoms. The van der Waals surface area contributed by atoms with E-state index in [-0.39, 0.29) is 26.2 Å². The van der Waals surface area contributed by atoms with Gasteiger partial charge in [-0.15, -0.1) is 0 Å². The molecule has 0 fully saturated rings. The molecule has 0 N–H and O–H groups in total. The zero-order chi connectivity index (χ0) is 31.1. The number of fused-ring (bicyclic) bond motifs is 3. The van der Waals surface area contributed by atoms with Crippen LogP contribution in [0.4, 0.5) is 5.69 Å². The average Bonchev–Trinajstić information content (AvgIpc) is 3.35. The Balaban J connectivity index is 2.17. The van der Waals surface area contributed by atoms with Crippen molar-refractivity contribution in [2.75, 3.05) is 39.9 Å². The molecule has 1 aromatic carbocycles. The highest BCUT2D eigenvalue weighted by Gasteiger charge is 2.61. The maximum Gasteiger partial charge on any atom is 0.345 e. The third-order valence-electron chi connectivity index (χ3n) is 6.74. The Morgan fingerprint density at radius 2 is 1.33 bits per heavy atom. The van der Waals surface area contributed by atoms with E-state index in [0.717, 1.165) is 56.6 Å². The van der Waals surface area contributed by atoms with Crippen LogP contribution in [0.3, 0.4) is 0 Å². The number of anilines is 1. The Bertz CT molecular complexity index is 1480. The van der Waals surface area contributed by atoms with Crippen molar-refractivity contribution in [1.29, 1.82) is 0 Å². The fourth-order valence-corrected chi connectivity index (χ4v) is 10.2. The van der Waals surface area contributed by atoms with Crippen molar-refractivity contribution in [3.05, 3.63) is 49.0 Å². The number of thioether (sulfide) groups is 3. The first-order valence-corrected chi connectivity index (χ1v) is 15.0. The lowest BCUT2D eigenvalue weighted by molar-refractivity contribution is -0.138. The SMILES string of the molecule is CCOc1ccc2c(c1)N(C(C)=O)C(C)(C)C1=C2C2(SC(C(=O)OC)=C(C(=O)OC)S2)C(C(=O)OC)=C(C(=O)OC)S1. The smallest absolute Gasteiger partial charge is 0.345 e. The second-order valence-electron chi connectivity index (χ2n) is 9.48. The predicted molar refractivity (Wildman–Crippen MR) is 159 cm³/mol. The molecule has 0 atom stereocenters. The van der Waals surface area contributed by atoms with Crippen LogP contribution in [0.15, 0.2) is 43.4 Å². The van der Waals surface area contributed by atoms with E-state index in [4.69, 9.17) is 23.7 Å². The highest BCUT2D eigenvalue weighted by Crippen LogP contribution is 2.71. The van der Waals surface area contributed by atoms with Crippen molar-refractivity contribution in [3.63, 3.8) is 0 Å². The molecular weight excluding hydrogens is 607 g/mol. The topological polar surface area (TPSA) is 135 Å². The molecule has 1 amide bonds. The minimum Gasteiger partial charge on any atom is -0.494 e. The molecule has 11 nitrogen and oxygen atoms in total. The zero-order valence-electron chi connectivity index (χ0n) is 24.2. The van der Waals surface area contributed by atoms with Crippen LogP contribution in [0, 0.1) is 0 Å². The monoisotopic (exact) mass is 635 g/mol. The first-order valence-electron chi connectivity index (χ1n) is 12.6. The second kappa shape index (κ2) is 11.7. The summed E-state index contributed by atoms with van der Waals surface area (Å²) in [7, 11) is 4.67. The third-order valence-corrected chi connectivity index (χ3v) is 11.4. The fourth-order valence-electron chi connectivity index (χ4n) is 5.11. The lowest BCUT2D eigenvalue weighted by Gasteiger charge is -2.50. The van der Waals surface area contributed by atoms with E-state index in [9.17, 15) is 24.0 Å². The van der Waals surface area contributed by atoms with Crippen LogP contribution >= 0.6 is 35.3 Å². The molecule has 0 saturated carbocycles. The molecule has 3 aliphatic rings. The van der Waals surface area contributed by atoms with Gasteiger partial charge in [0.15, 0.2) is 0 Å². The van der Waals surface area contributed by atoms with Crippen LogP contribution in [0.5, 0.6) is 5.75 Å². The molecule has 0 saturated heterocycles. The fraction of sp³-hybridized carbons (Fsp3) is 0.393. The molecule has 4 rings (SSSR count). The zero-order valence-corrected chi connectivity index (χ0v) is 26.6. The largest absolute Gasteiger partial charge is 0.494 e. The second-order valence-corrected chi connectivity index (χ2v) is 13.2. The van der Waals surface area contributed by atoms with E-state index in [1.807, 2.05) is 6.92 Å². The maximum absolute atomic E-state index is 13.6. The minimum absolute atomic E-state index is 0.107. The van der Waals surface area contributed by atoms with E-state index < -0.39 is 33.5 Å². The number of methoxy groups -OCH3 is 4. The van der Waals surface area contributed by atoms with Gasteiger partial charge in [-0.05, 0) is 32.9 Å². The van der Waals surface area contributed by atoms with E-state index in [1.54, 1.807) is 36.9 Å². The number of amides is 1. The van der Waals surface area contributed by atoms with Crippen molar-refractivity contribution in [2.24, 2.45) is 0 Å². The van der Waals surface area contributed by atoms with Gasteiger partial charge in [0.05, 0.1) is 51.8 Å². The lowest BCUT2D eigenvalue weighted by Crippen LogP contribution is -2.53. The van der Waals surface area contributed by atoms with Crippen LogP contribution in [-0.2, 0) is 42.9 Å². The van der Waals surface area contributed by atoms with E-state index in [1.165, 1.54) is 14.0 Å². The van der Waals surface area contributed by atoms with Crippen LogP contribution in [-0.4, -0.2) is 74.4 Å². The van der Waals surface area contributed by atoms with Crippen molar-refractivity contribution in [2.45, 2.75) is 37.3 Å². The van der Waals surface area contributed by atoms with Gasteiger partial charge in [-0.3, -0.25) is 4.79 Å². The number of carbonyl (C=O) groups is 5. The van der Waals surface area contributed by atoms with Gasteiger partial charge in [0.2, 0.25) is 5.91 Å². The molecule has 0 bridgehead atoms. The Kier molecular flexibility index (Phi) is 8.82. The van der Waals surface area contributed by atoms with Crippen LogP contribution in [0.25, 0.3) is 5.57 Å². The Hall–Kier alpha value is -3.36. The molecule has 1 aromatic rings. The Labute approximate surface area is 255 Å². The van der Waals surface area contributed by atoms with Crippen LogP contribution in [0.2, 0.25) is 0 Å². The Morgan fingerprint density at radius 1 is 0.810 bits per heavy atom. The summed E-state index contributed by atoms with van der Waals surface area (Å²) in [6.45, 7) is 7.25. The van der Waals surface area contributed by atoms with E-state index in [0.29, 0.717) is 34.1 Å². The summed E-state index contributed by atoms with van der Waals surface area (Å²) in [6, 6.07) is 5.19. The molecule has 0 aliphatic carbocycles. The van der Waals surface area contributed by atoms with Crippen molar-refractivity contribution in [1.82, 2.24) is 0 Å². The van der Waals surface area contributed by atoms with Gasteiger partial charge < -0.3 is 28.6 Å². The summed E-state index contributed by atoms with van der Waals surface area (Å²) in [5, 5.41) is 0. The summed E-state index contributed by atoms with van der Waals surface area (Å²) in [6.07, 6.45) is 0. The van der Waals surface area contributed by atoms with Gasteiger partial charge >= 0.3 is 23.9 Å². The van der Waals surface area contributed by atoms with E-state index >= 15 is 0 Å². The van der Waals surface area contributed by atoms with Crippen LogP contribution in [0.1, 0.15) is 33.3 Å². The molecule has 14 heteroatoms. The van der Waals surface area contributed by atoms with Gasteiger partial charge in [-0.1, -0.05) is 35.3 Å². The average molecular weight is 636 g/mol. The summed E-state index contributed by atoms with van der Waals surface area (Å²) in [5.74, 6) is -3.14. The molecule has 224 valence electrons. The molecule has 0 radical (unpaired) electrons. The number of ether oxygens (including phenoxy) is 5. The molecule has 0 aromatic heterocycles. The number of nitrogens with zero attached hydrogens (tertiary/aromatic N) is 1. The summed E-state index contributed by atoms with van der Waals surface area (Å²) < 4.78 is 24.4. The molecule has 42 heavy (non-hydrogen) atoms. The summed E-state index contributed by atoms with van der Waals surface area (Å²) in [5.41, 5.74) is 0.281. The Morgan fingerprint density at radius 3 is 1.81 bits per heavy atom. The molecular formula is C28H29NO10S3. The highest BCUT2D eigenvalue weighted by atomic mass is 32.2. The summed E-state index contributed by atoms with van der Waals surface area (Å²) >= 11 is 2.72. The number of hydrogen-bond acceptors (Lipinski definition) is 13. The van der Waals surface area contributed by atoms with Gasteiger partial charge in [0.1, 0.15) is 24.5 Å². The van der Waals surface area contributed by atoms with Crippen molar-refractivity contribution in [3.8, 4) is 5.75 Å². The molecule has 0 unspecified atom stereocenters. The first-order chi connectivity index (χ1) is 19.8. The number of benzene rings is 1. The number of rotatable bonds is 6. The molecule has 3 aliphatic heterocycles. The standard InChI is InChI=1S/C28H29NO10S3/c1-9-39-14-10-11-15-16(12-14)29(13(2)30)27(3,4)22-17(15)28(18(23(31)35-5)19(40-22)24(32)36-6)41-20(25(33)37-7)21(42-28)26(34)38-8/h10-12H,9H2,1-8H3. The van der Waals surface area contributed by atoms with Gasteiger partial charge in [-0.2, -0.15) is 0 Å². The third kappa shape index (κ3) is 4.78. The maximum atomic E-state index is 13.6. The van der Waals surface area contributed by atoms with Crippen LogP contribution < -0.4 is 9.64 Å². The van der Waals surface area contributed by atoms with Gasteiger partial charge in [0, 0.05) is 29.0 Å². The first kappa shape index (κ1) is 31.6. The lowest BCUT2D eigenvalue weighted by atomic mass is 9.83. The normalized spacial score (nSPS) is 18.3. The number of esters is 4. The molecule has 3 heterocycles. The van der Waals surface area contributed by atoms with Crippen molar-refractivity contribution >= 4 is 76.3 Å². The quantitative estimate of drug-likeness (QED) is 0.329. The highest BCUT2D eigenvalue weighted by molar-refractivity contribution is 8.26. The number of hydrogen-bond donors (Lipinski definition) is 0. The van der Waals surface area contributed by atoms with E-state index in [2.05, 4.69) is 0 Å². The number of carbonyl (C=O) groups excluding carboxylic acids is 5. The minimum atomic E-state index is -1.63. The van der Waals surface area contributed by atoms with Crippen molar-refractivity contribution < 1.29 is 47.7 Å². The van der Waals surface area contributed by atoms with Gasteiger partial charge in [0.25, 0.3) is 0 Å². The predicted octanol–water partition coefficient (Wildman–Crippen LogP) is 4.02. The summed E-state index contributed by atoms with van der Waals surface area (Å²) in [4.78, 5) is 68.0. The van der Waals surface area contributed by atoms with Gasteiger partial charge in [-0.25, -0.2) is 19.2 Å².